The van der Waals surface area contributed by atoms with Crippen molar-refractivity contribution in [3.63, 3.8) is 0 Å². The third-order valence-electron chi connectivity index (χ3n) is 4.85. The molecule has 140 valence electrons. The van der Waals surface area contributed by atoms with Gasteiger partial charge in [0.1, 0.15) is 35.0 Å². The molecule has 0 unspecified atom stereocenters. The van der Waals surface area contributed by atoms with E-state index in [9.17, 15) is 14.9 Å². The third-order valence-corrected chi connectivity index (χ3v) is 4.85. The maximum Gasteiger partial charge on any atom is 0.139 e. The van der Waals surface area contributed by atoms with Gasteiger partial charge in [0.25, 0.3) is 0 Å². The van der Waals surface area contributed by atoms with E-state index in [4.69, 9.17) is 14.7 Å². The number of allylic oxidation sites excluding steroid dienone is 1. The molecule has 1 aliphatic carbocycles. The van der Waals surface area contributed by atoms with Crippen LogP contribution >= 0.6 is 0 Å². The van der Waals surface area contributed by atoms with Gasteiger partial charge in [0.2, 0.25) is 0 Å². The van der Waals surface area contributed by atoms with Gasteiger partial charge in [-0.25, -0.2) is 14.4 Å². The molecule has 4 aromatic rings. The van der Waals surface area contributed by atoms with Crippen LogP contribution in [0.1, 0.15) is 11.3 Å². The zero-order chi connectivity index (χ0) is 20.7. The molecule has 3 aromatic carbocycles. The molecular formula is C24H11FN4O. The molecule has 5 rings (SSSR count). The summed E-state index contributed by atoms with van der Waals surface area (Å²) in [6.45, 7) is 0. The molecule has 1 heterocycles. The molecule has 0 bridgehead atoms. The Morgan fingerprint density at radius 1 is 0.767 bits per heavy atom. The zero-order valence-electron chi connectivity index (χ0n) is 15.4. The molecular weight excluding hydrogens is 379 g/mol. The molecule has 6 heteroatoms. The molecule has 0 radical (unpaired) electrons. The maximum absolute atomic E-state index is 13.1. The van der Waals surface area contributed by atoms with Crippen LogP contribution in [0.2, 0.25) is 0 Å². The van der Waals surface area contributed by atoms with Crippen LogP contribution in [0.5, 0.6) is 11.5 Å². The van der Waals surface area contributed by atoms with Crippen LogP contribution in [0.4, 0.5) is 4.39 Å². The summed E-state index contributed by atoms with van der Waals surface area (Å²) in [6, 6.07) is 22.4. The SMILES string of the molecule is N#CC(C#N)=C1c2ccccc2-c2nc3cc(Oc4ccc(F)cc4)ccc3nc21. The van der Waals surface area contributed by atoms with Crippen molar-refractivity contribution in [3.05, 3.63) is 89.4 Å². The van der Waals surface area contributed by atoms with Crippen LogP contribution in [0, 0.1) is 28.5 Å². The van der Waals surface area contributed by atoms with Gasteiger partial charge in [0.05, 0.1) is 22.4 Å². The summed E-state index contributed by atoms with van der Waals surface area (Å²) in [7, 11) is 0. The predicted molar refractivity (Wildman–Crippen MR) is 109 cm³/mol. The van der Waals surface area contributed by atoms with Crippen LogP contribution in [0.25, 0.3) is 27.9 Å². The smallest absolute Gasteiger partial charge is 0.139 e. The van der Waals surface area contributed by atoms with E-state index < -0.39 is 0 Å². The molecule has 1 aliphatic rings. The van der Waals surface area contributed by atoms with Gasteiger partial charge in [-0.1, -0.05) is 24.3 Å². The Labute approximate surface area is 170 Å². The summed E-state index contributed by atoms with van der Waals surface area (Å²) >= 11 is 0. The Kier molecular flexibility index (Phi) is 3.98. The molecule has 1 aromatic heterocycles. The second-order valence-electron chi connectivity index (χ2n) is 6.65. The Morgan fingerprint density at radius 2 is 1.43 bits per heavy atom. The highest BCUT2D eigenvalue weighted by atomic mass is 19.1. The molecule has 0 atom stereocenters. The number of hydrogen-bond donors (Lipinski definition) is 0. The summed E-state index contributed by atoms with van der Waals surface area (Å²) in [4.78, 5) is 9.46. The lowest BCUT2D eigenvalue weighted by atomic mass is 10.0. The fourth-order valence-corrected chi connectivity index (χ4v) is 3.52. The fraction of sp³-hybridized carbons (Fsp3) is 0. The Hall–Kier alpha value is -4.55. The molecule has 0 saturated carbocycles. The third kappa shape index (κ3) is 2.76. The van der Waals surface area contributed by atoms with Gasteiger partial charge in [-0.05, 0) is 42.0 Å². The first-order valence-corrected chi connectivity index (χ1v) is 9.08. The van der Waals surface area contributed by atoms with Crippen molar-refractivity contribution in [1.82, 2.24) is 9.97 Å². The molecule has 0 aliphatic heterocycles. The summed E-state index contributed by atoms with van der Waals surface area (Å²) in [5.74, 6) is 0.715. The summed E-state index contributed by atoms with van der Waals surface area (Å²) in [6.07, 6.45) is 0. The van der Waals surface area contributed by atoms with E-state index in [-0.39, 0.29) is 11.4 Å². The van der Waals surface area contributed by atoms with Gasteiger partial charge < -0.3 is 4.74 Å². The number of nitriles is 2. The van der Waals surface area contributed by atoms with Crippen molar-refractivity contribution >= 4 is 16.6 Å². The van der Waals surface area contributed by atoms with Crippen molar-refractivity contribution in [2.75, 3.05) is 0 Å². The highest BCUT2D eigenvalue weighted by Crippen LogP contribution is 2.44. The lowest BCUT2D eigenvalue weighted by molar-refractivity contribution is 0.481. The van der Waals surface area contributed by atoms with Gasteiger partial charge in [-0.15, -0.1) is 0 Å². The van der Waals surface area contributed by atoms with Crippen molar-refractivity contribution in [2.24, 2.45) is 0 Å². The van der Waals surface area contributed by atoms with Crippen molar-refractivity contribution < 1.29 is 9.13 Å². The van der Waals surface area contributed by atoms with E-state index in [1.807, 2.05) is 36.4 Å². The fourth-order valence-electron chi connectivity index (χ4n) is 3.52. The summed E-state index contributed by atoms with van der Waals surface area (Å²) in [5, 5.41) is 18.9. The Morgan fingerprint density at radius 3 is 2.17 bits per heavy atom. The van der Waals surface area contributed by atoms with E-state index >= 15 is 0 Å². The largest absolute Gasteiger partial charge is 0.457 e. The molecule has 0 N–H and O–H groups in total. The van der Waals surface area contributed by atoms with Gasteiger partial charge in [-0.2, -0.15) is 10.5 Å². The van der Waals surface area contributed by atoms with Crippen LogP contribution in [-0.2, 0) is 0 Å². The second-order valence-corrected chi connectivity index (χ2v) is 6.65. The van der Waals surface area contributed by atoms with E-state index in [0.29, 0.717) is 39.5 Å². The Balaban J connectivity index is 1.67. The topological polar surface area (TPSA) is 82.6 Å². The van der Waals surface area contributed by atoms with Gasteiger partial charge in [0.15, 0.2) is 0 Å². The van der Waals surface area contributed by atoms with E-state index in [1.165, 1.54) is 12.1 Å². The van der Waals surface area contributed by atoms with Crippen LogP contribution < -0.4 is 4.74 Å². The van der Waals surface area contributed by atoms with E-state index in [1.54, 1.807) is 30.3 Å². The van der Waals surface area contributed by atoms with Crippen molar-refractivity contribution in [2.45, 2.75) is 0 Å². The van der Waals surface area contributed by atoms with Crippen LogP contribution in [-0.4, -0.2) is 9.97 Å². The molecule has 30 heavy (non-hydrogen) atoms. The second kappa shape index (κ2) is 6.80. The number of rotatable bonds is 2. The van der Waals surface area contributed by atoms with Crippen LogP contribution in [0.3, 0.4) is 0 Å². The minimum atomic E-state index is -0.334. The number of nitrogens with zero attached hydrogens (tertiary/aromatic N) is 4. The molecule has 0 spiro atoms. The first kappa shape index (κ1) is 17.5. The monoisotopic (exact) mass is 390 g/mol. The normalized spacial score (nSPS) is 11.4. The highest BCUT2D eigenvalue weighted by Gasteiger charge is 2.29. The van der Waals surface area contributed by atoms with Crippen molar-refractivity contribution in [3.8, 4) is 34.9 Å². The van der Waals surface area contributed by atoms with Crippen molar-refractivity contribution in [1.29, 1.82) is 10.5 Å². The van der Waals surface area contributed by atoms with Gasteiger partial charge in [-0.3, -0.25) is 0 Å². The number of aromatic nitrogens is 2. The minimum Gasteiger partial charge on any atom is -0.457 e. The average Bonchev–Trinajstić information content (AvgIpc) is 3.08. The number of halogens is 1. The van der Waals surface area contributed by atoms with Gasteiger partial charge in [0, 0.05) is 17.2 Å². The zero-order valence-corrected chi connectivity index (χ0v) is 15.4. The number of fused-ring (bicyclic) bond motifs is 4. The number of benzene rings is 3. The molecule has 5 nitrogen and oxygen atoms in total. The standard InChI is InChI=1S/C24H11FN4O/c25-15-5-7-16(8-6-15)30-17-9-10-20-21(11-17)29-23-19-4-2-1-3-18(19)22(24(23)28-20)14(12-26)13-27/h1-11H. The van der Waals surface area contributed by atoms with Crippen LogP contribution in [0.15, 0.2) is 72.3 Å². The Bertz CT molecular complexity index is 1430. The number of hydrogen-bond acceptors (Lipinski definition) is 5. The summed E-state index contributed by atoms with van der Waals surface area (Å²) < 4.78 is 18.9. The quantitative estimate of drug-likeness (QED) is 0.377. The first-order chi connectivity index (χ1) is 14.7. The predicted octanol–water partition coefficient (Wildman–Crippen LogP) is 5.39. The van der Waals surface area contributed by atoms with E-state index in [2.05, 4.69) is 0 Å². The van der Waals surface area contributed by atoms with Gasteiger partial charge >= 0.3 is 0 Å². The highest BCUT2D eigenvalue weighted by molar-refractivity contribution is 6.03. The molecule has 0 saturated heterocycles. The molecule has 0 amide bonds. The first-order valence-electron chi connectivity index (χ1n) is 9.08. The molecule has 0 fully saturated rings. The van der Waals surface area contributed by atoms with E-state index in [0.717, 1.165) is 11.1 Å². The summed E-state index contributed by atoms with van der Waals surface area (Å²) in [5.41, 5.74) is 4.47. The number of ether oxygens (including phenoxy) is 1. The lowest BCUT2D eigenvalue weighted by Crippen LogP contribution is -1.95. The lowest BCUT2D eigenvalue weighted by Gasteiger charge is -2.08. The minimum absolute atomic E-state index is 0.00566. The average molecular weight is 390 g/mol. The maximum atomic E-state index is 13.1.